The van der Waals surface area contributed by atoms with E-state index >= 15 is 0 Å². The van der Waals surface area contributed by atoms with E-state index in [4.69, 9.17) is 5.73 Å². The number of H-pyrrole nitrogens is 1. The molecule has 2 aromatic heterocycles. The number of aromatic nitrogens is 2. The van der Waals surface area contributed by atoms with Gasteiger partial charge in [0.2, 0.25) is 0 Å². The molecular weight excluding hydrogens is 230 g/mol. The van der Waals surface area contributed by atoms with Gasteiger partial charge in [0, 0.05) is 10.4 Å². The van der Waals surface area contributed by atoms with Crippen LogP contribution in [0.15, 0.2) is 12.1 Å². The molecule has 0 atom stereocenters. The number of hydrogen-bond acceptors (Lipinski definition) is 3. The zero-order chi connectivity index (χ0) is 12.4. The van der Waals surface area contributed by atoms with E-state index in [1.165, 1.54) is 9.75 Å². The summed E-state index contributed by atoms with van der Waals surface area (Å²) in [5.74, 6) is 1.22. The molecule has 0 saturated carbocycles. The third-order valence-electron chi connectivity index (χ3n) is 2.77. The lowest BCUT2D eigenvalue weighted by atomic mass is 10.0. The minimum atomic E-state index is 0.583. The Morgan fingerprint density at radius 1 is 1.41 bits per heavy atom. The van der Waals surface area contributed by atoms with Crippen LogP contribution in [-0.2, 0) is 12.8 Å². The SMILES string of the molecule is CCc1ccc(-c2[nH]nc(N)c2CC(C)C)s1. The predicted octanol–water partition coefficient (Wildman–Crippen LogP) is 3.48. The van der Waals surface area contributed by atoms with Crippen molar-refractivity contribution in [1.82, 2.24) is 10.2 Å². The van der Waals surface area contributed by atoms with Crippen LogP contribution in [0.4, 0.5) is 5.82 Å². The Kier molecular flexibility index (Phi) is 3.52. The van der Waals surface area contributed by atoms with Gasteiger partial charge >= 0.3 is 0 Å². The zero-order valence-electron chi connectivity index (χ0n) is 10.6. The van der Waals surface area contributed by atoms with Gasteiger partial charge in [0.15, 0.2) is 0 Å². The van der Waals surface area contributed by atoms with Crippen molar-refractivity contribution in [3.05, 3.63) is 22.6 Å². The normalized spacial score (nSPS) is 11.3. The van der Waals surface area contributed by atoms with Gasteiger partial charge < -0.3 is 5.73 Å². The van der Waals surface area contributed by atoms with Crippen molar-refractivity contribution < 1.29 is 0 Å². The Morgan fingerprint density at radius 2 is 2.18 bits per heavy atom. The molecule has 0 aliphatic carbocycles. The average molecular weight is 249 g/mol. The quantitative estimate of drug-likeness (QED) is 0.871. The first-order valence-corrected chi connectivity index (χ1v) is 6.85. The van der Waals surface area contributed by atoms with Crippen molar-refractivity contribution in [3.8, 4) is 10.6 Å². The van der Waals surface area contributed by atoms with E-state index in [0.717, 1.165) is 24.1 Å². The summed E-state index contributed by atoms with van der Waals surface area (Å²) in [5.41, 5.74) is 8.18. The fourth-order valence-corrected chi connectivity index (χ4v) is 2.87. The van der Waals surface area contributed by atoms with E-state index < -0.39 is 0 Å². The number of nitrogens with one attached hydrogen (secondary N) is 1. The highest BCUT2D eigenvalue weighted by Crippen LogP contribution is 2.32. The van der Waals surface area contributed by atoms with Crippen molar-refractivity contribution in [2.24, 2.45) is 5.92 Å². The van der Waals surface area contributed by atoms with Crippen molar-refractivity contribution in [2.75, 3.05) is 5.73 Å². The summed E-state index contributed by atoms with van der Waals surface area (Å²) in [6.45, 7) is 6.57. The van der Waals surface area contributed by atoms with Crippen LogP contribution < -0.4 is 5.73 Å². The molecule has 3 nitrogen and oxygen atoms in total. The number of aryl methyl sites for hydroxylation is 1. The van der Waals surface area contributed by atoms with Crippen molar-refractivity contribution in [3.63, 3.8) is 0 Å². The van der Waals surface area contributed by atoms with Gasteiger partial charge in [-0.2, -0.15) is 5.10 Å². The summed E-state index contributed by atoms with van der Waals surface area (Å²) in [7, 11) is 0. The molecule has 0 aliphatic rings. The maximum Gasteiger partial charge on any atom is 0.149 e. The topological polar surface area (TPSA) is 54.7 Å². The molecule has 2 heterocycles. The van der Waals surface area contributed by atoms with Gasteiger partial charge in [-0.15, -0.1) is 11.3 Å². The Morgan fingerprint density at radius 3 is 2.76 bits per heavy atom. The third-order valence-corrected chi connectivity index (χ3v) is 4.02. The Hall–Kier alpha value is -1.29. The van der Waals surface area contributed by atoms with Crippen LogP contribution >= 0.6 is 11.3 Å². The van der Waals surface area contributed by atoms with E-state index in [-0.39, 0.29) is 0 Å². The molecule has 0 saturated heterocycles. The number of nitrogens with zero attached hydrogens (tertiary/aromatic N) is 1. The summed E-state index contributed by atoms with van der Waals surface area (Å²) in [4.78, 5) is 2.63. The number of aromatic amines is 1. The highest BCUT2D eigenvalue weighted by atomic mass is 32.1. The third kappa shape index (κ3) is 2.52. The molecule has 0 bridgehead atoms. The Bertz CT molecular complexity index is 496. The van der Waals surface area contributed by atoms with E-state index in [1.807, 2.05) is 11.3 Å². The molecule has 2 aromatic rings. The first-order chi connectivity index (χ1) is 8.11. The van der Waals surface area contributed by atoms with Gasteiger partial charge in [-0.25, -0.2) is 0 Å². The van der Waals surface area contributed by atoms with Crippen LogP contribution in [0.5, 0.6) is 0 Å². The minimum absolute atomic E-state index is 0.583. The molecule has 0 aliphatic heterocycles. The molecule has 0 amide bonds. The van der Waals surface area contributed by atoms with Gasteiger partial charge in [-0.05, 0) is 30.9 Å². The second-order valence-corrected chi connectivity index (χ2v) is 5.85. The van der Waals surface area contributed by atoms with Gasteiger partial charge in [-0.1, -0.05) is 20.8 Å². The molecule has 17 heavy (non-hydrogen) atoms. The second-order valence-electron chi connectivity index (χ2n) is 4.68. The highest BCUT2D eigenvalue weighted by molar-refractivity contribution is 7.15. The number of rotatable bonds is 4. The smallest absolute Gasteiger partial charge is 0.149 e. The summed E-state index contributed by atoms with van der Waals surface area (Å²) in [6.07, 6.45) is 2.05. The Labute approximate surface area is 106 Å². The van der Waals surface area contributed by atoms with Gasteiger partial charge in [0.05, 0.1) is 10.6 Å². The number of nitrogen functional groups attached to an aromatic ring is 1. The van der Waals surface area contributed by atoms with Gasteiger partial charge in [0.1, 0.15) is 5.82 Å². The number of anilines is 1. The predicted molar refractivity (Wildman–Crippen MR) is 74.2 cm³/mol. The molecule has 92 valence electrons. The Balaban J connectivity index is 2.37. The molecule has 0 fully saturated rings. The summed E-state index contributed by atoms with van der Waals surface area (Å²) in [5, 5.41) is 7.21. The largest absolute Gasteiger partial charge is 0.382 e. The standard InChI is InChI=1S/C13H19N3S/c1-4-9-5-6-11(17-9)12-10(7-8(2)3)13(14)16-15-12/h5-6,8H,4,7H2,1-3H3,(H3,14,15,16). The average Bonchev–Trinajstić information content (AvgIpc) is 2.86. The van der Waals surface area contributed by atoms with Crippen LogP contribution in [0.25, 0.3) is 10.6 Å². The summed E-state index contributed by atoms with van der Waals surface area (Å²) >= 11 is 1.81. The molecule has 0 aromatic carbocycles. The van der Waals surface area contributed by atoms with Crippen LogP contribution in [0.2, 0.25) is 0 Å². The fraction of sp³-hybridized carbons (Fsp3) is 0.462. The van der Waals surface area contributed by atoms with E-state index in [9.17, 15) is 0 Å². The molecular formula is C13H19N3S. The fourth-order valence-electron chi connectivity index (χ4n) is 1.90. The lowest BCUT2D eigenvalue weighted by molar-refractivity contribution is 0.649. The van der Waals surface area contributed by atoms with Crippen LogP contribution in [-0.4, -0.2) is 10.2 Å². The lowest BCUT2D eigenvalue weighted by Gasteiger charge is -2.05. The zero-order valence-corrected chi connectivity index (χ0v) is 11.4. The van der Waals surface area contributed by atoms with Gasteiger partial charge in [0.25, 0.3) is 0 Å². The van der Waals surface area contributed by atoms with E-state index in [1.54, 1.807) is 0 Å². The molecule has 2 rings (SSSR count). The maximum atomic E-state index is 5.93. The summed E-state index contributed by atoms with van der Waals surface area (Å²) < 4.78 is 0. The molecule has 0 radical (unpaired) electrons. The van der Waals surface area contributed by atoms with Gasteiger partial charge in [-0.3, -0.25) is 5.10 Å². The monoisotopic (exact) mass is 249 g/mol. The van der Waals surface area contributed by atoms with Crippen LogP contribution in [0.1, 0.15) is 31.2 Å². The molecule has 0 unspecified atom stereocenters. The first-order valence-electron chi connectivity index (χ1n) is 6.03. The van der Waals surface area contributed by atoms with Crippen LogP contribution in [0.3, 0.4) is 0 Å². The lowest BCUT2D eigenvalue weighted by Crippen LogP contribution is -1.98. The maximum absolute atomic E-state index is 5.93. The first kappa shape index (κ1) is 12.2. The minimum Gasteiger partial charge on any atom is -0.382 e. The summed E-state index contributed by atoms with van der Waals surface area (Å²) in [6, 6.07) is 4.33. The molecule has 0 spiro atoms. The number of nitrogens with two attached hydrogens (primary N) is 1. The second kappa shape index (κ2) is 4.92. The van der Waals surface area contributed by atoms with Crippen molar-refractivity contribution in [1.29, 1.82) is 0 Å². The molecule has 3 N–H and O–H groups in total. The molecule has 4 heteroatoms. The van der Waals surface area contributed by atoms with Crippen molar-refractivity contribution in [2.45, 2.75) is 33.6 Å². The van der Waals surface area contributed by atoms with E-state index in [2.05, 4.69) is 43.1 Å². The number of thiophene rings is 1. The van der Waals surface area contributed by atoms with E-state index in [0.29, 0.717) is 11.7 Å². The van der Waals surface area contributed by atoms with Crippen molar-refractivity contribution >= 4 is 17.2 Å². The highest BCUT2D eigenvalue weighted by Gasteiger charge is 2.15. The number of hydrogen-bond donors (Lipinski definition) is 2. The van der Waals surface area contributed by atoms with Crippen LogP contribution in [0, 0.1) is 5.92 Å².